The standard InChI is InChI=1S/C26H24N2O5/c1-3-32-19-11-7-9-17(15-19)24(29)22-23(21-13-5-6-14-27-21)28(26(31)25(22)30)18-10-8-12-20(16-18)33-4-2/h5-16,23,29H,3-4H2,1-2H3/b24-22+. The van der Waals surface area contributed by atoms with Gasteiger partial charge in [0.15, 0.2) is 0 Å². The summed E-state index contributed by atoms with van der Waals surface area (Å²) < 4.78 is 11.1. The molecule has 1 aliphatic rings. The Bertz CT molecular complexity index is 1210. The minimum Gasteiger partial charge on any atom is -0.507 e. The van der Waals surface area contributed by atoms with Crippen LogP contribution < -0.4 is 14.4 Å². The van der Waals surface area contributed by atoms with Crippen molar-refractivity contribution in [1.29, 1.82) is 0 Å². The molecule has 3 aromatic rings. The smallest absolute Gasteiger partial charge is 0.300 e. The van der Waals surface area contributed by atoms with Gasteiger partial charge >= 0.3 is 0 Å². The van der Waals surface area contributed by atoms with Crippen LogP contribution in [0, 0.1) is 0 Å². The highest BCUT2D eigenvalue weighted by atomic mass is 16.5. The number of carbonyl (C=O) groups excluding carboxylic acids is 2. The minimum atomic E-state index is -0.904. The van der Waals surface area contributed by atoms with E-state index < -0.39 is 17.7 Å². The van der Waals surface area contributed by atoms with Crippen LogP contribution in [0.25, 0.3) is 5.76 Å². The average molecular weight is 444 g/mol. The van der Waals surface area contributed by atoms with E-state index in [1.54, 1.807) is 72.9 Å². The molecule has 0 aliphatic carbocycles. The molecule has 33 heavy (non-hydrogen) atoms. The van der Waals surface area contributed by atoms with E-state index in [2.05, 4.69) is 4.98 Å². The molecule has 1 unspecified atom stereocenters. The number of ketones is 1. The molecule has 2 aromatic carbocycles. The summed E-state index contributed by atoms with van der Waals surface area (Å²) in [4.78, 5) is 32.2. The Kier molecular flexibility index (Phi) is 6.40. The molecule has 1 saturated heterocycles. The predicted molar refractivity (Wildman–Crippen MR) is 124 cm³/mol. The molecular weight excluding hydrogens is 420 g/mol. The highest BCUT2D eigenvalue weighted by molar-refractivity contribution is 6.51. The van der Waals surface area contributed by atoms with Crippen LogP contribution in [0.15, 0.2) is 78.5 Å². The molecule has 1 amide bonds. The van der Waals surface area contributed by atoms with Gasteiger partial charge in [0.05, 0.1) is 24.5 Å². The monoisotopic (exact) mass is 444 g/mol. The first-order valence-electron chi connectivity index (χ1n) is 10.7. The molecule has 7 heteroatoms. The summed E-state index contributed by atoms with van der Waals surface area (Å²) in [7, 11) is 0. The van der Waals surface area contributed by atoms with Crippen LogP contribution in [-0.2, 0) is 9.59 Å². The number of aromatic nitrogens is 1. The van der Waals surface area contributed by atoms with E-state index in [1.165, 1.54) is 4.90 Å². The van der Waals surface area contributed by atoms with Gasteiger partial charge in [-0.05, 0) is 50.2 Å². The number of nitrogens with zero attached hydrogens (tertiary/aromatic N) is 2. The number of pyridine rings is 1. The van der Waals surface area contributed by atoms with Crippen molar-refractivity contribution in [2.45, 2.75) is 19.9 Å². The number of Topliss-reactive ketones (excluding diaryl/α,β-unsaturated/α-hetero) is 1. The van der Waals surface area contributed by atoms with Crippen LogP contribution in [-0.4, -0.2) is 35.0 Å². The lowest BCUT2D eigenvalue weighted by Gasteiger charge is -2.25. The van der Waals surface area contributed by atoms with Crippen LogP contribution in [0.1, 0.15) is 31.1 Å². The number of aliphatic hydroxyl groups excluding tert-OH is 1. The van der Waals surface area contributed by atoms with Crippen molar-refractivity contribution in [3.63, 3.8) is 0 Å². The Balaban J connectivity index is 1.89. The largest absolute Gasteiger partial charge is 0.507 e. The van der Waals surface area contributed by atoms with Crippen molar-refractivity contribution in [2.24, 2.45) is 0 Å². The van der Waals surface area contributed by atoms with Crippen molar-refractivity contribution in [3.05, 3.63) is 89.8 Å². The highest BCUT2D eigenvalue weighted by Crippen LogP contribution is 2.42. The van der Waals surface area contributed by atoms with E-state index in [1.807, 2.05) is 13.8 Å². The molecule has 1 aromatic heterocycles. The zero-order chi connectivity index (χ0) is 23.4. The maximum atomic E-state index is 13.2. The number of amides is 1. The lowest BCUT2D eigenvalue weighted by molar-refractivity contribution is -0.132. The average Bonchev–Trinajstić information content (AvgIpc) is 3.10. The molecule has 168 valence electrons. The lowest BCUT2D eigenvalue weighted by atomic mass is 9.98. The van der Waals surface area contributed by atoms with Crippen molar-refractivity contribution in [3.8, 4) is 11.5 Å². The lowest BCUT2D eigenvalue weighted by Crippen LogP contribution is -2.29. The molecular formula is C26H24N2O5. The number of benzene rings is 2. The van der Waals surface area contributed by atoms with E-state index >= 15 is 0 Å². The topological polar surface area (TPSA) is 89.0 Å². The second-order valence-corrected chi connectivity index (χ2v) is 7.31. The van der Waals surface area contributed by atoms with Gasteiger partial charge in [-0.1, -0.05) is 24.3 Å². The highest BCUT2D eigenvalue weighted by Gasteiger charge is 2.47. The number of hydrogen-bond acceptors (Lipinski definition) is 6. The van der Waals surface area contributed by atoms with Crippen LogP contribution in [0.4, 0.5) is 5.69 Å². The van der Waals surface area contributed by atoms with Gasteiger partial charge in [-0.25, -0.2) is 0 Å². The molecule has 1 fully saturated rings. The quantitative estimate of drug-likeness (QED) is 0.328. The van der Waals surface area contributed by atoms with E-state index in [4.69, 9.17) is 9.47 Å². The number of ether oxygens (including phenoxy) is 2. The second kappa shape index (κ2) is 9.56. The Morgan fingerprint density at radius 3 is 2.30 bits per heavy atom. The third-order valence-electron chi connectivity index (χ3n) is 5.24. The summed E-state index contributed by atoms with van der Waals surface area (Å²) in [6.07, 6.45) is 1.59. The third-order valence-corrected chi connectivity index (χ3v) is 5.24. The summed E-state index contributed by atoms with van der Waals surface area (Å²) in [6.45, 7) is 4.64. The molecule has 0 bridgehead atoms. The minimum absolute atomic E-state index is 0.0332. The summed E-state index contributed by atoms with van der Waals surface area (Å²) in [5.74, 6) is -0.696. The summed E-state index contributed by atoms with van der Waals surface area (Å²) in [5.41, 5.74) is 1.28. The van der Waals surface area contributed by atoms with Crippen molar-refractivity contribution < 1.29 is 24.2 Å². The Hall–Kier alpha value is -4.13. The Morgan fingerprint density at radius 1 is 0.939 bits per heavy atom. The SMILES string of the molecule is CCOc1cccc(/C(O)=C2\C(=O)C(=O)N(c3cccc(OCC)c3)C2c2ccccn2)c1. The molecule has 7 nitrogen and oxygen atoms in total. The van der Waals surface area contributed by atoms with Crippen molar-refractivity contribution >= 4 is 23.1 Å². The van der Waals surface area contributed by atoms with Crippen LogP contribution in [0.2, 0.25) is 0 Å². The molecule has 0 saturated carbocycles. The van der Waals surface area contributed by atoms with E-state index in [9.17, 15) is 14.7 Å². The van der Waals surface area contributed by atoms with Crippen molar-refractivity contribution in [2.75, 3.05) is 18.1 Å². The summed E-state index contributed by atoms with van der Waals surface area (Å²) >= 11 is 0. The number of aliphatic hydroxyl groups is 1. The number of anilines is 1. The number of hydrogen-bond donors (Lipinski definition) is 1. The maximum absolute atomic E-state index is 13.2. The second-order valence-electron chi connectivity index (χ2n) is 7.31. The molecule has 0 spiro atoms. The van der Waals surface area contributed by atoms with Gasteiger partial charge in [0.1, 0.15) is 23.3 Å². The summed E-state index contributed by atoms with van der Waals surface area (Å²) in [6, 6.07) is 18.1. The molecule has 1 aliphatic heterocycles. The first-order chi connectivity index (χ1) is 16.0. The van der Waals surface area contributed by atoms with E-state index in [-0.39, 0.29) is 11.3 Å². The van der Waals surface area contributed by atoms with Crippen LogP contribution >= 0.6 is 0 Å². The maximum Gasteiger partial charge on any atom is 0.300 e. The van der Waals surface area contributed by atoms with Gasteiger partial charge in [0, 0.05) is 23.5 Å². The third kappa shape index (κ3) is 4.30. The van der Waals surface area contributed by atoms with Gasteiger partial charge < -0.3 is 14.6 Å². The fraction of sp³-hybridized carbons (Fsp3) is 0.192. The predicted octanol–water partition coefficient (Wildman–Crippen LogP) is 4.51. The first-order valence-corrected chi connectivity index (χ1v) is 10.7. The zero-order valence-corrected chi connectivity index (χ0v) is 18.4. The van der Waals surface area contributed by atoms with Gasteiger partial charge in [-0.15, -0.1) is 0 Å². The molecule has 0 radical (unpaired) electrons. The first kappa shape index (κ1) is 22.1. The molecule has 4 rings (SSSR count). The molecule has 1 N–H and O–H groups in total. The van der Waals surface area contributed by atoms with Crippen LogP contribution in [0.5, 0.6) is 11.5 Å². The van der Waals surface area contributed by atoms with Gasteiger partial charge in [0.25, 0.3) is 11.7 Å². The number of carbonyl (C=O) groups is 2. The Labute approximate surface area is 191 Å². The van der Waals surface area contributed by atoms with Gasteiger partial charge in [0.2, 0.25) is 0 Å². The summed E-state index contributed by atoms with van der Waals surface area (Å²) in [5, 5.41) is 11.2. The zero-order valence-electron chi connectivity index (χ0n) is 18.4. The van der Waals surface area contributed by atoms with E-state index in [0.29, 0.717) is 41.7 Å². The number of rotatable bonds is 7. The molecule has 2 heterocycles. The van der Waals surface area contributed by atoms with Crippen molar-refractivity contribution in [1.82, 2.24) is 4.98 Å². The van der Waals surface area contributed by atoms with Gasteiger partial charge in [-0.2, -0.15) is 0 Å². The normalized spacial score (nSPS) is 17.3. The fourth-order valence-corrected chi connectivity index (χ4v) is 3.86. The molecule has 1 atom stereocenters. The van der Waals surface area contributed by atoms with Crippen LogP contribution in [0.3, 0.4) is 0 Å². The Morgan fingerprint density at radius 2 is 1.64 bits per heavy atom. The fourth-order valence-electron chi connectivity index (χ4n) is 3.86. The van der Waals surface area contributed by atoms with Gasteiger partial charge in [-0.3, -0.25) is 19.5 Å². The van der Waals surface area contributed by atoms with E-state index in [0.717, 1.165) is 0 Å².